The number of hydrogen-bond acceptors (Lipinski definition) is 1. The molecule has 0 aliphatic rings. The van der Waals surface area contributed by atoms with E-state index in [1.165, 1.54) is 19.3 Å². The van der Waals surface area contributed by atoms with Gasteiger partial charge in [0, 0.05) is 5.57 Å². The topological polar surface area (TPSA) is 17.1 Å². The van der Waals surface area contributed by atoms with E-state index < -0.39 is 0 Å². The van der Waals surface area contributed by atoms with Crippen LogP contribution in [0.1, 0.15) is 46.0 Å². The molecule has 10 heavy (non-hydrogen) atoms. The van der Waals surface area contributed by atoms with E-state index >= 15 is 0 Å². The van der Waals surface area contributed by atoms with Crippen molar-refractivity contribution in [3.63, 3.8) is 0 Å². The van der Waals surface area contributed by atoms with E-state index in [9.17, 15) is 4.79 Å². The van der Waals surface area contributed by atoms with Crippen molar-refractivity contribution in [1.82, 2.24) is 0 Å². The van der Waals surface area contributed by atoms with Gasteiger partial charge in [0.1, 0.15) is 5.94 Å². The minimum atomic E-state index is 0.858. The van der Waals surface area contributed by atoms with Gasteiger partial charge in [0.15, 0.2) is 0 Å². The van der Waals surface area contributed by atoms with Gasteiger partial charge in [-0.3, -0.25) is 0 Å². The molecule has 0 fully saturated rings. The second-order valence-corrected chi connectivity index (χ2v) is 2.69. The Morgan fingerprint density at radius 3 is 2.50 bits per heavy atom. The van der Waals surface area contributed by atoms with Gasteiger partial charge in [-0.15, -0.1) is 0 Å². The normalized spacial score (nSPS) is 9.00. The lowest BCUT2D eigenvalue weighted by Gasteiger charge is -1.95. The van der Waals surface area contributed by atoms with Crippen molar-refractivity contribution in [3.8, 4) is 0 Å². The van der Waals surface area contributed by atoms with E-state index in [2.05, 4.69) is 6.92 Å². The molecule has 58 valence electrons. The van der Waals surface area contributed by atoms with Crippen molar-refractivity contribution in [2.45, 2.75) is 46.0 Å². The van der Waals surface area contributed by atoms with E-state index in [-0.39, 0.29) is 0 Å². The van der Waals surface area contributed by atoms with Gasteiger partial charge in [-0.2, -0.15) is 0 Å². The maximum absolute atomic E-state index is 10.0. The first-order chi connectivity index (χ1) is 4.81. The molecule has 0 aliphatic carbocycles. The van der Waals surface area contributed by atoms with Crippen LogP contribution in [0.3, 0.4) is 0 Å². The average Bonchev–Trinajstić information content (AvgIpc) is 1.98. The van der Waals surface area contributed by atoms with Gasteiger partial charge >= 0.3 is 0 Å². The van der Waals surface area contributed by atoms with Crippen LogP contribution in [0.25, 0.3) is 0 Å². The summed E-state index contributed by atoms with van der Waals surface area (Å²) in [5, 5.41) is 0. The maximum atomic E-state index is 10.0. The summed E-state index contributed by atoms with van der Waals surface area (Å²) in [4.78, 5) is 10.0. The second kappa shape index (κ2) is 6.57. The fraction of sp³-hybridized carbons (Fsp3) is 0.778. The Bertz CT molecular complexity index is 121. The first-order valence-corrected chi connectivity index (χ1v) is 4.01. The molecule has 0 rings (SSSR count). The molecule has 1 heteroatoms. The number of carbonyl (C=O) groups excluding carboxylic acids is 1. The largest absolute Gasteiger partial charge is 0.234 e. The Kier molecular flexibility index (Phi) is 6.21. The monoisotopic (exact) mass is 140 g/mol. The number of rotatable bonds is 5. The second-order valence-electron chi connectivity index (χ2n) is 2.69. The lowest BCUT2D eigenvalue weighted by molar-refractivity contribution is 0.564. The van der Waals surface area contributed by atoms with E-state index in [0.29, 0.717) is 0 Å². The molecule has 0 atom stereocenters. The van der Waals surface area contributed by atoms with Crippen LogP contribution in [-0.4, -0.2) is 5.94 Å². The van der Waals surface area contributed by atoms with E-state index in [0.717, 1.165) is 18.4 Å². The summed E-state index contributed by atoms with van der Waals surface area (Å²) in [5.74, 6) is 1.91. The van der Waals surface area contributed by atoms with Crippen LogP contribution in [0.2, 0.25) is 0 Å². The fourth-order valence-corrected chi connectivity index (χ4v) is 0.868. The molecule has 0 spiro atoms. The molecular weight excluding hydrogens is 124 g/mol. The standard InChI is InChI=1S/C9H16O/c1-3-4-5-6-7-9(2)8-10/h3-7H2,1-2H3. The third-order valence-electron chi connectivity index (χ3n) is 1.58. The number of allylic oxidation sites excluding steroid dienone is 1. The molecule has 0 radical (unpaired) electrons. The summed E-state index contributed by atoms with van der Waals surface area (Å²) in [5.41, 5.74) is 0.858. The van der Waals surface area contributed by atoms with Gasteiger partial charge in [0.05, 0.1) is 0 Å². The molecule has 0 heterocycles. The summed E-state index contributed by atoms with van der Waals surface area (Å²) < 4.78 is 0. The molecule has 0 N–H and O–H groups in total. The summed E-state index contributed by atoms with van der Waals surface area (Å²) in [6.45, 7) is 4.03. The van der Waals surface area contributed by atoms with Crippen LogP contribution in [-0.2, 0) is 4.79 Å². The molecule has 0 aliphatic heterocycles. The van der Waals surface area contributed by atoms with Gasteiger partial charge in [0.2, 0.25) is 0 Å². The molecule has 0 saturated heterocycles. The van der Waals surface area contributed by atoms with E-state index in [4.69, 9.17) is 0 Å². The van der Waals surface area contributed by atoms with Crippen molar-refractivity contribution < 1.29 is 4.79 Å². The first kappa shape index (κ1) is 9.45. The Hall–Kier alpha value is -0.550. The highest BCUT2D eigenvalue weighted by Crippen LogP contribution is 2.06. The number of unbranched alkanes of at least 4 members (excludes halogenated alkanes) is 3. The molecule has 0 amide bonds. The quantitative estimate of drug-likeness (QED) is 0.424. The van der Waals surface area contributed by atoms with Crippen molar-refractivity contribution in [1.29, 1.82) is 0 Å². The van der Waals surface area contributed by atoms with Crippen LogP contribution >= 0.6 is 0 Å². The Morgan fingerprint density at radius 1 is 1.30 bits per heavy atom. The lowest BCUT2D eigenvalue weighted by Crippen LogP contribution is -1.79. The summed E-state index contributed by atoms with van der Waals surface area (Å²) in [7, 11) is 0. The molecule has 0 unspecified atom stereocenters. The summed E-state index contributed by atoms with van der Waals surface area (Å²) in [6, 6.07) is 0. The van der Waals surface area contributed by atoms with Crippen LogP contribution in [0, 0.1) is 0 Å². The zero-order valence-electron chi connectivity index (χ0n) is 6.94. The van der Waals surface area contributed by atoms with Crippen LogP contribution in [0.4, 0.5) is 0 Å². The smallest absolute Gasteiger partial charge is 0.123 e. The predicted molar refractivity (Wildman–Crippen MR) is 43.6 cm³/mol. The van der Waals surface area contributed by atoms with Gasteiger partial charge in [0.25, 0.3) is 0 Å². The van der Waals surface area contributed by atoms with Gasteiger partial charge in [-0.25, -0.2) is 4.79 Å². The van der Waals surface area contributed by atoms with Gasteiger partial charge in [-0.1, -0.05) is 26.2 Å². The van der Waals surface area contributed by atoms with Crippen LogP contribution < -0.4 is 0 Å². The highest BCUT2D eigenvalue weighted by atomic mass is 16.1. The average molecular weight is 140 g/mol. The molecule has 0 aromatic heterocycles. The van der Waals surface area contributed by atoms with Crippen molar-refractivity contribution in [2.75, 3.05) is 0 Å². The van der Waals surface area contributed by atoms with Gasteiger partial charge in [-0.05, 0) is 19.8 Å². The highest BCUT2D eigenvalue weighted by molar-refractivity contribution is 5.50. The minimum absolute atomic E-state index is 0.858. The van der Waals surface area contributed by atoms with E-state index in [1.54, 1.807) is 0 Å². The van der Waals surface area contributed by atoms with E-state index in [1.807, 2.05) is 12.9 Å². The third kappa shape index (κ3) is 5.58. The molecule has 1 nitrogen and oxygen atoms in total. The Balaban J connectivity index is 3.12. The van der Waals surface area contributed by atoms with Crippen LogP contribution in [0.5, 0.6) is 0 Å². The van der Waals surface area contributed by atoms with Crippen molar-refractivity contribution >= 4 is 5.94 Å². The number of hydrogen-bond donors (Lipinski definition) is 0. The molecule has 0 bridgehead atoms. The minimum Gasteiger partial charge on any atom is -0.234 e. The van der Waals surface area contributed by atoms with Crippen LogP contribution in [0.15, 0.2) is 5.57 Å². The first-order valence-electron chi connectivity index (χ1n) is 4.01. The zero-order valence-corrected chi connectivity index (χ0v) is 6.94. The zero-order chi connectivity index (χ0) is 7.82. The molecule has 0 aromatic carbocycles. The lowest BCUT2D eigenvalue weighted by atomic mass is 10.1. The predicted octanol–water partition coefficient (Wildman–Crippen LogP) is 2.73. The highest BCUT2D eigenvalue weighted by Gasteiger charge is 1.89. The SMILES string of the molecule is CCCCCCC(C)=C=O. The third-order valence-corrected chi connectivity index (χ3v) is 1.58. The maximum Gasteiger partial charge on any atom is 0.123 e. The summed E-state index contributed by atoms with van der Waals surface area (Å²) >= 11 is 0. The Morgan fingerprint density at radius 2 is 2.00 bits per heavy atom. The molecular formula is C9H16O. The Labute approximate surface area is 63.1 Å². The van der Waals surface area contributed by atoms with Crippen molar-refractivity contribution in [2.24, 2.45) is 0 Å². The molecule has 0 aromatic rings. The fourth-order valence-electron chi connectivity index (χ4n) is 0.868. The van der Waals surface area contributed by atoms with Crippen molar-refractivity contribution in [3.05, 3.63) is 5.57 Å². The van der Waals surface area contributed by atoms with Gasteiger partial charge < -0.3 is 0 Å². The molecule has 0 saturated carbocycles. The summed E-state index contributed by atoms with van der Waals surface area (Å²) in [6.07, 6.45) is 5.87.